The first-order chi connectivity index (χ1) is 8.19. The molecule has 0 bridgehead atoms. The summed E-state index contributed by atoms with van der Waals surface area (Å²) < 4.78 is 23.8. The molecule has 0 aliphatic rings. The molecule has 3 nitrogen and oxygen atoms in total. The summed E-state index contributed by atoms with van der Waals surface area (Å²) in [7, 11) is 0. The Balaban J connectivity index is 2.66. The minimum absolute atomic E-state index is 0.316. The number of aryl methyl sites for hydroxylation is 1. The summed E-state index contributed by atoms with van der Waals surface area (Å²) in [6, 6.07) is 4.49. The van der Waals surface area contributed by atoms with Crippen molar-refractivity contribution in [2.24, 2.45) is 0 Å². The van der Waals surface area contributed by atoms with E-state index in [2.05, 4.69) is 0 Å². The van der Waals surface area contributed by atoms with E-state index in [1.54, 1.807) is 46.8 Å². The standard InChI is InChI=1S/C14H19FO3/c1-9-6-7-11(8-12(9)15)17-10(2)13(16)18-14(3,4)5/h6-8,10H,1-5H3. The van der Waals surface area contributed by atoms with Crippen molar-refractivity contribution in [2.75, 3.05) is 0 Å². The Morgan fingerprint density at radius 2 is 1.94 bits per heavy atom. The number of rotatable bonds is 3. The van der Waals surface area contributed by atoms with E-state index in [0.29, 0.717) is 11.3 Å². The first-order valence-electron chi connectivity index (χ1n) is 5.85. The van der Waals surface area contributed by atoms with Crippen molar-refractivity contribution < 1.29 is 18.7 Å². The summed E-state index contributed by atoms with van der Waals surface area (Å²) in [5.74, 6) is -0.510. The van der Waals surface area contributed by atoms with Crippen LogP contribution in [-0.2, 0) is 9.53 Å². The maximum atomic E-state index is 13.3. The monoisotopic (exact) mass is 254 g/mol. The zero-order valence-electron chi connectivity index (χ0n) is 11.4. The number of benzene rings is 1. The Hall–Kier alpha value is -1.58. The van der Waals surface area contributed by atoms with Crippen molar-refractivity contribution in [1.82, 2.24) is 0 Å². The second-order valence-electron chi connectivity index (χ2n) is 5.20. The van der Waals surface area contributed by atoms with E-state index in [1.807, 2.05) is 0 Å². The van der Waals surface area contributed by atoms with Crippen molar-refractivity contribution in [3.63, 3.8) is 0 Å². The molecular weight excluding hydrogens is 235 g/mol. The predicted octanol–water partition coefficient (Wildman–Crippen LogP) is 3.24. The largest absolute Gasteiger partial charge is 0.479 e. The molecule has 0 fully saturated rings. The van der Waals surface area contributed by atoms with Crippen LogP contribution in [-0.4, -0.2) is 17.7 Å². The van der Waals surface area contributed by atoms with E-state index in [-0.39, 0.29) is 5.82 Å². The third kappa shape index (κ3) is 4.35. The number of esters is 1. The molecular formula is C14H19FO3. The number of halogens is 1. The highest BCUT2D eigenvalue weighted by molar-refractivity contribution is 5.75. The molecule has 0 aliphatic carbocycles. The minimum atomic E-state index is -0.772. The molecule has 18 heavy (non-hydrogen) atoms. The van der Waals surface area contributed by atoms with Gasteiger partial charge in [0.05, 0.1) is 0 Å². The normalized spacial score (nSPS) is 13.0. The summed E-state index contributed by atoms with van der Waals surface area (Å²) in [6.45, 7) is 8.58. The van der Waals surface area contributed by atoms with Crippen LogP contribution in [0.15, 0.2) is 18.2 Å². The predicted molar refractivity (Wildman–Crippen MR) is 67.1 cm³/mol. The first kappa shape index (κ1) is 14.5. The van der Waals surface area contributed by atoms with Gasteiger partial charge in [-0.15, -0.1) is 0 Å². The van der Waals surface area contributed by atoms with Crippen molar-refractivity contribution in [3.05, 3.63) is 29.6 Å². The Kier molecular flexibility index (Phi) is 4.33. The van der Waals surface area contributed by atoms with Crippen molar-refractivity contribution in [1.29, 1.82) is 0 Å². The van der Waals surface area contributed by atoms with Gasteiger partial charge in [-0.3, -0.25) is 0 Å². The average Bonchev–Trinajstić information content (AvgIpc) is 2.21. The summed E-state index contributed by atoms with van der Waals surface area (Å²) in [4.78, 5) is 11.7. The van der Waals surface area contributed by atoms with Gasteiger partial charge in [0.1, 0.15) is 17.2 Å². The smallest absolute Gasteiger partial charge is 0.347 e. The van der Waals surface area contributed by atoms with Crippen LogP contribution in [0.5, 0.6) is 5.75 Å². The Morgan fingerprint density at radius 3 is 2.44 bits per heavy atom. The van der Waals surface area contributed by atoms with Gasteiger partial charge in [-0.2, -0.15) is 0 Å². The lowest BCUT2D eigenvalue weighted by Gasteiger charge is -2.22. The SMILES string of the molecule is Cc1ccc(OC(C)C(=O)OC(C)(C)C)cc1F. The van der Waals surface area contributed by atoms with Crippen molar-refractivity contribution in [2.45, 2.75) is 46.3 Å². The number of hydrogen-bond donors (Lipinski definition) is 0. The molecule has 0 saturated carbocycles. The number of ether oxygens (including phenoxy) is 2. The fourth-order valence-corrected chi connectivity index (χ4v) is 1.28. The lowest BCUT2D eigenvalue weighted by Crippen LogP contribution is -2.33. The second-order valence-corrected chi connectivity index (χ2v) is 5.20. The third-order valence-electron chi connectivity index (χ3n) is 2.19. The van der Waals surface area contributed by atoms with Gasteiger partial charge in [-0.25, -0.2) is 9.18 Å². The number of hydrogen-bond acceptors (Lipinski definition) is 3. The van der Waals surface area contributed by atoms with E-state index >= 15 is 0 Å². The zero-order chi connectivity index (χ0) is 13.9. The van der Waals surface area contributed by atoms with Crippen LogP contribution >= 0.6 is 0 Å². The summed E-state index contributed by atoms with van der Waals surface area (Å²) in [5, 5.41) is 0. The molecule has 0 radical (unpaired) electrons. The van der Waals surface area contributed by atoms with Crippen LogP contribution in [0.2, 0.25) is 0 Å². The molecule has 100 valence electrons. The topological polar surface area (TPSA) is 35.5 Å². The van der Waals surface area contributed by atoms with Gasteiger partial charge in [0.2, 0.25) is 0 Å². The number of carbonyl (C=O) groups is 1. The van der Waals surface area contributed by atoms with E-state index in [4.69, 9.17) is 9.47 Å². The summed E-state index contributed by atoms with van der Waals surface area (Å²) >= 11 is 0. The first-order valence-corrected chi connectivity index (χ1v) is 5.85. The third-order valence-corrected chi connectivity index (χ3v) is 2.19. The molecule has 1 aromatic carbocycles. The molecule has 1 atom stereocenters. The Labute approximate surface area is 107 Å². The number of carbonyl (C=O) groups excluding carboxylic acids is 1. The highest BCUT2D eigenvalue weighted by Crippen LogP contribution is 2.18. The molecule has 1 unspecified atom stereocenters. The van der Waals surface area contributed by atoms with E-state index < -0.39 is 17.7 Å². The summed E-state index contributed by atoms with van der Waals surface area (Å²) in [5.41, 5.74) is -0.0278. The summed E-state index contributed by atoms with van der Waals surface area (Å²) in [6.07, 6.45) is -0.772. The molecule has 0 aliphatic heterocycles. The molecule has 0 N–H and O–H groups in total. The molecule has 0 aromatic heterocycles. The van der Waals surface area contributed by atoms with Crippen LogP contribution in [0.3, 0.4) is 0 Å². The lowest BCUT2D eigenvalue weighted by molar-refractivity contribution is -0.162. The fraction of sp³-hybridized carbons (Fsp3) is 0.500. The van der Waals surface area contributed by atoms with Crippen LogP contribution < -0.4 is 4.74 Å². The van der Waals surface area contributed by atoms with Gasteiger partial charge in [-0.1, -0.05) is 6.07 Å². The molecule has 1 aromatic rings. The maximum Gasteiger partial charge on any atom is 0.347 e. The quantitative estimate of drug-likeness (QED) is 0.777. The van der Waals surface area contributed by atoms with Gasteiger partial charge in [0, 0.05) is 6.07 Å². The van der Waals surface area contributed by atoms with Crippen LogP contribution in [0.25, 0.3) is 0 Å². The lowest BCUT2D eigenvalue weighted by atomic mass is 10.2. The van der Waals surface area contributed by atoms with Crippen LogP contribution in [0.1, 0.15) is 33.3 Å². The molecule has 0 heterocycles. The molecule has 1 rings (SSSR count). The van der Waals surface area contributed by atoms with Gasteiger partial charge in [0.25, 0.3) is 0 Å². The molecule has 0 amide bonds. The Bertz CT molecular complexity index is 435. The molecule has 4 heteroatoms. The second kappa shape index (κ2) is 5.38. The highest BCUT2D eigenvalue weighted by atomic mass is 19.1. The van der Waals surface area contributed by atoms with E-state index in [0.717, 1.165) is 0 Å². The molecule has 0 spiro atoms. The van der Waals surface area contributed by atoms with E-state index in [9.17, 15) is 9.18 Å². The van der Waals surface area contributed by atoms with Gasteiger partial charge < -0.3 is 9.47 Å². The average molecular weight is 254 g/mol. The van der Waals surface area contributed by atoms with Crippen LogP contribution in [0, 0.1) is 12.7 Å². The van der Waals surface area contributed by atoms with Gasteiger partial charge in [0.15, 0.2) is 6.10 Å². The van der Waals surface area contributed by atoms with Crippen molar-refractivity contribution >= 4 is 5.97 Å². The Morgan fingerprint density at radius 1 is 1.33 bits per heavy atom. The minimum Gasteiger partial charge on any atom is -0.479 e. The fourth-order valence-electron chi connectivity index (χ4n) is 1.28. The maximum absolute atomic E-state index is 13.3. The van der Waals surface area contributed by atoms with Gasteiger partial charge >= 0.3 is 5.97 Å². The highest BCUT2D eigenvalue weighted by Gasteiger charge is 2.23. The molecule has 0 saturated heterocycles. The zero-order valence-corrected chi connectivity index (χ0v) is 11.4. The van der Waals surface area contributed by atoms with Crippen LogP contribution in [0.4, 0.5) is 4.39 Å². The van der Waals surface area contributed by atoms with Crippen molar-refractivity contribution in [3.8, 4) is 5.75 Å². The van der Waals surface area contributed by atoms with E-state index in [1.165, 1.54) is 6.07 Å². The van der Waals surface area contributed by atoms with Gasteiger partial charge in [-0.05, 0) is 46.2 Å².